The van der Waals surface area contributed by atoms with Gasteiger partial charge in [-0.3, -0.25) is 19.7 Å². The predicted octanol–water partition coefficient (Wildman–Crippen LogP) is 1.23. The lowest BCUT2D eigenvalue weighted by Gasteiger charge is -2.32. The standard InChI is InChI=1S/C18H27F3N6O/c1-22-17(24-11-16(28)26(2)13-18(19,20)21)25-14-6-9-27(10-7-14)12-15-5-3-4-8-23-15/h3-5,8,14H,6-7,9-13H2,1-2H3,(H2,22,24,25). The maximum absolute atomic E-state index is 12.4. The lowest BCUT2D eigenvalue weighted by molar-refractivity contribution is -0.157. The molecule has 0 bridgehead atoms. The normalized spacial score (nSPS) is 16.7. The molecule has 2 N–H and O–H groups in total. The highest BCUT2D eigenvalue weighted by Crippen LogP contribution is 2.15. The average Bonchev–Trinajstić information content (AvgIpc) is 2.65. The van der Waals surface area contributed by atoms with Crippen molar-refractivity contribution in [3.8, 4) is 0 Å². The number of pyridine rings is 1. The minimum absolute atomic E-state index is 0.189. The number of halogens is 3. The molecule has 1 aromatic heterocycles. The van der Waals surface area contributed by atoms with Crippen LogP contribution in [0.4, 0.5) is 13.2 Å². The molecule has 0 aliphatic carbocycles. The summed E-state index contributed by atoms with van der Waals surface area (Å²) in [6, 6.07) is 6.06. The van der Waals surface area contributed by atoms with E-state index in [0.717, 1.165) is 45.2 Å². The molecule has 1 aliphatic rings. The van der Waals surface area contributed by atoms with Crippen LogP contribution >= 0.6 is 0 Å². The van der Waals surface area contributed by atoms with E-state index in [1.54, 1.807) is 13.2 Å². The Morgan fingerprint density at radius 2 is 2.07 bits per heavy atom. The number of alkyl halides is 3. The van der Waals surface area contributed by atoms with E-state index >= 15 is 0 Å². The molecule has 7 nitrogen and oxygen atoms in total. The zero-order valence-corrected chi connectivity index (χ0v) is 16.2. The Hall–Kier alpha value is -2.36. The number of aromatic nitrogens is 1. The van der Waals surface area contributed by atoms with E-state index in [-0.39, 0.29) is 12.6 Å². The Balaban J connectivity index is 1.71. The minimum atomic E-state index is -4.41. The monoisotopic (exact) mass is 400 g/mol. The van der Waals surface area contributed by atoms with E-state index < -0.39 is 18.6 Å². The van der Waals surface area contributed by atoms with Gasteiger partial charge in [0.2, 0.25) is 5.91 Å². The summed E-state index contributed by atoms with van der Waals surface area (Å²) in [6.45, 7) is 1.09. The second kappa shape index (κ2) is 10.3. The molecule has 10 heteroatoms. The Labute approximate surface area is 163 Å². The van der Waals surface area contributed by atoms with Crippen LogP contribution in [0, 0.1) is 0 Å². The van der Waals surface area contributed by atoms with Crippen LogP contribution in [0.15, 0.2) is 29.4 Å². The van der Waals surface area contributed by atoms with Crippen molar-refractivity contribution in [3.63, 3.8) is 0 Å². The van der Waals surface area contributed by atoms with Crippen molar-refractivity contribution in [3.05, 3.63) is 30.1 Å². The van der Waals surface area contributed by atoms with Crippen LogP contribution in [-0.4, -0.2) is 79.1 Å². The molecular weight excluding hydrogens is 373 g/mol. The molecule has 0 atom stereocenters. The summed E-state index contributed by atoms with van der Waals surface area (Å²) in [4.78, 5) is 23.2. The number of nitrogens with one attached hydrogen (secondary N) is 2. The van der Waals surface area contributed by atoms with E-state index in [2.05, 4.69) is 25.5 Å². The molecule has 1 aliphatic heterocycles. The molecule has 1 amide bonds. The van der Waals surface area contributed by atoms with Gasteiger partial charge in [-0.2, -0.15) is 13.2 Å². The van der Waals surface area contributed by atoms with Crippen LogP contribution in [0.25, 0.3) is 0 Å². The Morgan fingerprint density at radius 1 is 1.36 bits per heavy atom. The Morgan fingerprint density at radius 3 is 2.64 bits per heavy atom. The summed E-state index contributed by atoms with van der Waals surface area (Å²) in [5.74, 6) is -0.234. The predicted molar refractivity (Wildman–Crippen MR) is 101 cm³/mol. The first-order valence-electron chi connectivity index (χ1n) is 9.17. The largest absolute Gasteiger partial charge is 0.406 e. The number of likely N-dealkylation sites (N-methyl/N-ethyl adjacent to an activating group) is 1. The lowest BCUT2D eigenvalue weighted by Crippen LogP contribution is -2.50. The molecule has 1 aromatic rings. The number of carbonyl (C=O) groups excluding carboxylic acids is 1. The number of hydrogen-bond donors (Lipinski definition) is 2. The SMILES string of the molecule is CN=C(NCC(=O)N(C)CC(F)(F)F)NC1CCN(Cc2ccccn2)CC1. The molecule has 0 spiro atoms. The van der Waals surface area contributed by atoms with Gasteiger partial charge in [-0.05, 0) is 25.0 Å². The van der Waals surface area contributed by atoms with E-state index in [4.69, 9.17) is 0 Å². The number of hydrogen-bond acceptors (Lipinski definition) is 4. The number of aliphatic imine (C=N–C) groups is 1. The van der Waals surface area contributed by atoms with Crippen LogP contribution in [0.5, 0.6) is 0 Å². The molecule has 1 fully saturated rings. The zero-order chi connectivity index (χ0) is 20.6. The van der Waals surface area contributed by atoms with Crippen molar-refractivity contribution in [2.75, 3.05) is 40.3 Å². The van der Waals surface area contributed by atoms with Gasteiger partial charge < -0.3 is 15.5 Å². The minimum Gasteiger partial charge on any atom is -0.354 e. The van der Waals surface area contributed by atoms with E-state index in [9.17, 15) is 18.0 Å². The number of likely N-dealkylation sites (tertiary alicyclic amines) is 1. The van der Waals surface area contributed by atoms with E-state index in [1.807, 2.05) is 18.2 Å². The van der Waals surface area contributed by atoms with Gasteiger partial charge in [0, 0.05) is 46.0 Å². The smallest absolute Gasteiger partial charge is 0.354 e. The van der Waals surface area contributed by atoms with Crippen molar-refractivity contribution in [2.45, 2.75) is 31.6 Å². The first-order valence-corrected chi connectivity index (χ1v) is 9.17. The second-order valence-corrected chi connectivity index (χ2v) is 6.81. The molecular formula is C18H27F3N6O. The first-order chi connectivity index (χ1) is 13.3. The molecule has 1 saturated heterocycles. The summed E-state index contributed by atoms with van der Waals surface area (Å²) in [6.07, 6.45) is -0.828. The summed E-state index contributed by atoms with van der Waals surface area (Å²) in [5, 5.41) is 6.03. The quantitative estimate of drug-likeness (QED) is 0.555. The fourth-order valence-electron chi connectivity index (χ4n) is 3.00. The molecule has 156 valence electrons. The number of piperidine rings is 1. The third-order valence-electron chi connectivity index (χ3n) is 4.51. The van der Waals surface area contributed by atoms with Crippen LogP contribution in [0.3, 0.4) is 0 Å². The maximum atomic E-state index is 12.4. The summed E-state index contributed by atoms with van der Waals surface area (Å²) in [5.41, 5.74) is 1.04. The molecule has 2 heterocycles. The fourth-order valence-corrected chi connectivity index (χ4v) is 3.00. The Kier molecular flexibility index (Phi) is 8.04. The second-order valence-electron chi connectivity index (χ2n) is 6.81. The van der Waals surface area contributed by atoms with Gasteiger partial charge in [-0.1, -0.05) is 6.07 Å². The maximum Gasteiger partial charge on any atom is 0.406 e. The van der Waals surface area contributed by atoms with Gasteiger partial charge in [0.15, 0.2) is 5.96 Å². The molecule has 28 heavy (non-hydrogen) atoms. The van der Waals surface area contributed by atoms with E-state index in [0.29, 0.717) is 10.9 Å². The fraction of sp³-hybridized carbons (Fsp3) is 0.611. The van der Waals surface area contributed by atoms with Gasteiger partial charge in [-0.15, -0.1) is 0 Å². The first kappa shape index (κ1) is 21.9. The van der Waals surface area contributed by atoms with Gasteiger partial charge in [0.25, 0.3) is 0 Å². The summed E-state index contributed by atoms with van der Waals surface area (Å²) in [7, 11) is 2.69. The van der Waals surface area contributed by atoms with Crippen molar-refractivity contribution in [2.24, 2.45) is 4.99 Å². The van der Waals surface area contributed by atoms with Gasteiger partial charge in [0.1, 0.15) is 6.54 Å². The van der Waals surface area contributed by atoms with E-state index in [1.165, 1.54) is 0 Å². The molecule has 0 radical (unpaired) electrons. The van der Waals surface area contributed by atoms with Crippen LogP contribution in [0.1, 0.15) is 18.5 Å². The highest BCUT2D eigenvalue weighted by atomic mass is 19.4. The average molecular weight is 400 g/mol. The van der Waals surface area contributed by atoms with Crippen molar-refractivity contribution in [1.29, 1.82) is 0 Å². The molecule has 0 unspecified atom stereocenters. The van der Waals surface area contributed by atoms with Crippen molar-refractivity contribution in [1.82, 2.24) is 25.4 Å². The number of carbonyl (C=O) groups is 1. The molecule has 2 rings (SSSR count). The Bertz CT molecular complexity index is 644. The number of guanidine groups is 1. The summed E-state index contributed by atoms with van der Waals surface area (Å²) < 4.78 is 37.1. The topological polar surface area (TPSA) is 72.9 Å². The van der Waals surface area contributed by atoms with Crippen LogP contribution in [-0.2, 0) is 11.3 Å². The zero-order valence-electron chi connectivity index (χ0n) is 16.2. The van der Waals surface area contributed by atoms with Crippen LogP contribution < -0.4 is 10.6 Å². The third kappa shape index (κ3) is 7.71. The number of amides is 1. The van der Waals surface area contributed by atoms with Crippen molar-refractivity contribution >= 4 is 11.9 Å². The molecule has 0 aromatic carbocycles. The van der Waals surface area contributed by atoms with Gasteiger partial charge in [-0.25, -0.2) is 0 Å². The highest BCUT2D eigenvalue weighted by molar-refractivity contribution is 5.86. The van der Waals surface area contributed by atoms with Gasteiger partial charge >= 0.3 is 6.18 Å². The number of rotatable bonds is 6. The van der Waals surface area contributed by atoms with Crippen LogP contribution in [0.2, 0.25) is 0 Å². The molecule has 0 saturated carbocycles. The lowest BCUT2D eigenvalue weighted by atomic mass is 10.0. The highest BCUT2D eigenvalue weighted by Gasteiger charge is 2.31. The third-order valence-corrected chi connectivity index (χ3v) is 4.51. The van der Waals surface area contributed by atoms with Crippen molar-refractivity contribution < 1.29 is 18.0 Å². The van der Waals surface area contributed by atoms with Gasteiger partial charge in [0.05, 0.1) is 12.2 Å². The number of nitrogens with zero attached hydrogens (tertiary/aromatic N) is 4. The summed E-state index contributed by atoms with van der Waals surface area (Å²) >= 11 is 0.